The summed E-state index contributed by atoms with van der Waals surface area (Å²) >= 11 is 0. The lowest BCUT2D eigenvalue weighted by molar-refractivity contribution is 0.193. The van der Waals surface area contributed by atoms with Crippen LogP contribution in [0.4, 0.5) is 5.82 Å². The summed E-state index contributed by atoms with van der Waals surface area (Å²) in [6, 6.07) is 10.7. The van der Waals surface area contributed by atoms with Gasteiger partial charge in [0.1, 0.15) is 11.2 Å². The number of ether oxygens (including phenoxy) is 1. The van der Waals surface area contributed by atoms with Crippen LogP contribution in [0.2, 0.25) is 0 Å². The van der Waals surface area contributed by atoms with Crippen molar-refractivity contribution in [2.45, 2.75) is 13.0 Å². The van der Waals surface area contributed by atoms with Gasteiger partial charge in [-0.15, -0.1) is 0 Å². The lowest BCUT2D eigenvalue weighted by Gasteiger charge is -2.22. The Kier molecular flexibility index (Phi) is 5.46. The zero-order valence-corrected chi connectivity index (χ0v) is 18.0. The Morgan fingerprint density at radius 3 is 2.93 bits per heavy atom. The second-order valence-electron chi connectivity index (χ2n) is 7.57. The van der Waals surface area contributed by atoms with E-state index in [-0.39, 0.29) is 0 Å². The Morgan fingerprint density at radius 1 is 1.33 bits per heavy atom. The van der Waals surface area contributed by atoms with Crippen molar-refractivity contribution in [3.8, 4) is 11.3 Å². The molecule has 1 aromatic carbocycles. The number of aromatic amines is 1. The summed E-state index contributed by atoms with van der Waals surface area (Å²) in [5, 5.41) is 4.21. The molecular weight excluding hydrogens is 376 g/mol. The molecule has 0 bridgehead atoms. The Balaban J connectivity index is 1.68. The normalized spacial score (nSPS) is 11.3. The summed E-state index contributed by atoms with van der Waals surface area (Å²) in [5.74, 6) is 0.774. The summed E-state index contributed by atoms with van der Waals surface area (Å²) in [4.78, 5) is 14.9. The van der Waals surface area contributed by atoms with Crippen LogP contribution in [-0.2, 0) is 18.3 Å². The predicted octanol–water partition coefficient (Wildman–Crippen LogP) is 4.14. The number of hydrogen-bond donors (Lipinski definition) is 2. The first-order chi connectivity index (χ1) is 14.5. The van der Waals surface area contributed by atoms with Crippen LogP contribution in [-0.4, -0.2) is 52.2 Å². The molecule has 0 saturated carbocycles. The molecule has 2 N–H and O–H groups in total. The average Bonchev–Trinajstić information content (AvgIpc) is 3.35. The van der Waals surface area contributed by atoms with Gasteiger partial charge in [0.25, 0.3) is 0 Å². The molecule has 0 atom stereocenters. The Hall–Kier alpha value is -3.32. The topological polar surface area (TPSA) is 71.0 Å². The van der Waals surface area contributed by atoms with Crippen molar-refractivity contribution in [2.24, 2.45) is 7.05 Å². The molecule has 0 fully saturated rings. The summed E-state index contributed by atoms with van der Waals surface area (Å²) in [6.07, 6.45) is 2.65. The fourth-order valence-electron chi connectivity index (χ4n) is 3.76. The van der Waals surface area contributed by atoms with Gasteiger partial charge in [-0.05, 0) is 23.3 Å². The van der Waals surface area contributed by atoms with Crippen LogP contribution >= 0.6 is 0 Å². The van der Waals surface area contributed by atoms with Crippen LogP contribution in [0, 0.1) is 0 Å². The SMILES string of the molecule is C=C(CCOC)N(C)Cc1cccc(-c2cc3c(nc(NC)c4ncn(C)c43)[nH]2)c1. The number of aromatic nitrogens is 4. The minimum atomic E-state index is 0.683. The van der Waals surface area contributed by atoms with Crippen molar-refractivity contribution < 1.29 is 4.74 Å². The molecule has 0 amide bonds. The number of pyridine rings is 1. The van der Waals surface area contributed by atoms with E-state index < -0.39 is 0 Å². The van der Waals surface area contributed by atoms with Crippen molar-refractivity contribution >= 4 is 27.9 Å². The van der Waals surface area contributed by atoms with Gasteiger partial charge in [-0.25, -0.2) is 9.97 Å². The number of rotatable bonds is 8. The maximum atomic E-state index is 5.16. The van der Waals surface area contributed by atoms with Crippen LogP contribution in [0.15, 0.2) is 48.9 Å². The number of anilines is 1. The molecule has 0 saturated heterocycles. The van der Waals surface area contributed by atoms with Crippen molar-refractivity contribution in [2.75, 3.05) is 33.1 Å². The second-order valence-corrected chi connectivity index (χ2v) is 7.57. The molecule has 4 aromatic rings. The van der Waals surface area contributed by atoms with E-state index >= 15 is 0 Å². The Bertz CT molecular complexity index is 1210. The van der Waals surface area contributed by atoms with E-state index in [1.165, 1.54) is 5.56 Å². The van der Waals surface area contributed by atoms with Crippen molar-refractivity contribution in [3.05, 3.63) is 54.5 Å². The van der Waals surface area contributed by atoms with Gasteiger partial charge in [0.15, 0.2) is 5.82 Å². The van der Waals surface area contributed by atoms with Gasteiger partial charge in [-0.3, -0.25) is 0 Å². The first-order valence-electron chi connectivity index (χ1n) is 10.0. The monoisotopic (exact) mass is 404 g/mol. The number of hydrogen-bond acceptors (Lipinski definition) is 5. The van der Waals surface area contributed by atoms with Gasteiger partial charge in [0, 0.05) is 58.0 Å². The first kappa shape index (κ1) is 20.0. The van der Waals surface area contributed by atoms with Crippen LogP contribution in [0.1, 0.15) is 12.0 Å². The van der Waals surface area contributed by atoms with Crippen LogP contribution in [0.25, 0.3) is 33.3 Å². The largest absolute Gasteiger partial charge is 0.384 e. The molecule has 3 aromatic heterocycles. The molecule has 0 aliphatic carbocycles. The highest BCUT2D eigenvalue weighted by atomic mass is 16.5. The van der Waals surface area contributed by atoms with E-state index in [9.17, 15) is 0 Å². The Labute approximate surface area is 176 Å². The van der Waals surface area contributed by atoms with Gasteiger partial charge >= 0.3 is 0 Å². The number of fused-ring (bicyclic) bond motifs is 3. The highest BCUT2D eigenvalue weighted by molar-refractivity contribution is 6.07. The van der Waals surface area contributed by atoms with Crippen LogP contribution in [0.5, 0.6) is 0 Å². The quantitative estimate of drug-likeness (QED) is 0.462. The summed E-state index contributed by atoms with van der Waals surface area (Å²) in [5.41, 5.74) is 7.25. The average molecular weight is 405 g/mol. The summed E-state index contributed by atoms with van der Waals surface area (Å²) < 4.78 is 7.20. The van der Waals surface area contributed by atoms with E-state index in [2.05, 4.69) is 64.1 Å². The molecule has 156 valence electrons. The van der Waals surface area contributed by atoms with E-state index in [1.54, 1.807) is 7.11 Å². The number of methoxy groups -OCH3 is 1. The van der Waals surface area contributed by atoms with Gasteiger partial charge < -0.3 is 24.5 Å². The third-order valence-corrected chi connectivity index (χ3v) is 5.47. The standard InChI is InChI=1S/C23H28N6O/c1-15(9-10-30-5)28(3)13-16-7-6-8-17(11-16)19-12-18-21-20(25-14-29(21)4)23(24-2)27-22(18)26-19/h6-8,11-12,14H,1,9-10,13H2,2-5H3,(H2,24,26,27). The Morgan fingerprint density at radius 2 is 2.17 bits per heavy atom. The maximum Gasteiger partial charge on any atom is 0.156 e. The van der Waals surface area contributed by atoms with E-state index in [4.69, 9.17) is 9.72 Å². The molecule has 30 heavy (non-hydrogen) atoms. The molecule has 4 rings (SSSR count). The number of imidazole rings is 1. The number of aryl methyl sites for hydroxylation is 1. The molecule has 0 aliphatic heterocycles. The molecule has 0 radical (unpaired) electrons. The smallest absolute Gasteiger partial charge is 0.156 e. The van der Waals surface area contributed by atoms with Crippen LogP contribution in [0.3, 0.4) is 0 Å². The zero-order chi connectivity index (χ0) is 21.3. The van der Waals surface area contributed by atoms with Crippen molar-refractivity contribution in [3.63, 3.8) is 0 Å². The highest BCUT2D eigenvalue weighted by Crippen LogP contribution is 2.32. The number of benzene rings is 1. The molecule has 0 unspecified atom stereocenters. The molecule has 0 spiro atoms. The minimum absolute atomic E-state index is 0.683. The van der Waals surface area contributed by atoms with Gasteiger partial charge in [0.2, 0.25) is 0 Å². The fourth-order valence-corrected chi connectivity index (χ4v) is 3.76. The highest BCUT2D eigenvalue weighted by Gasteiger charge is 2.15. The van der Waals surface area contributed by atoms with E-state index in [0.717, 1.165) is 57.8 Å². The predicted molar refractivity (Wildman–Crippen MR) is 122 cm³/mol. The number of nitrogens with zero attached hydrogens (tertiary/aromatic N) is 4. The van der Waals surface area contributed by atoms with Crippen LogP contribution < -0.4 is 5.32 Å². The second kappa shape index (κ2) is 8.20. The zero-order valence-electron chi connectivity index (χ0n) is 18.0. The van der Waals surface area contributed by atoms with Crippen molar-refractivity contribution in [1.29, 1.82) is 0 Å². The van der Waals surface area contributed by atoms with Crippen molar-refractivity contribution in [1.82, 2.24) is 24.4 Å². The number of nitrogens with one attached hydrogen (secondary N) is 2. The van der Waals surface area contributed by atoms with E-state index in [0.29, 0.717) is 6.61 Å². The minimum Gasteiger partial charge on any atom is -0.384 e. The maximum absolute atomic E-state index is 5.16. The molecule has 7 heteroatoms. The number of H-pyrrole nitrogens is 1. The lowest BCUT2D eigenvalue weighted by Crippen LogP contribution is -2.17. The third kappa shape index (κ3) is 3.64. The molecule has 7 nitrogen and oxygen atoms in total. The van der Waals surface area contributed by atoms with Gasteiger partial charge in [-0.1, -0.05) is 24.8 Å². The fraction of sp³-hybridized carbons (Fsp3) is 0.304. The molecule has 3 heterocycles. The molecular formula is C23H28N6O. The molecule has 0 aliphatic rings. The van der Waals surface area contributed by atoms with E-state index in [1.807, 2.05) is 25.0 Å². The van der Waals surface area contributed by atoms with Gasteiger partial charge in [0.05, 0.1) is 18.5 Å². The summed E-state index contributed by atoms with van der Waals surface area (Å²) in [6.45, 7) is 5.64. The first-order valence-corrected chi connectivity index (χ1v) is 10.0. The summed E-state index contributed by atoms with van der Waals surface area (Å²) in [7, 11) is 7.65. The third-order valence-electron chi connectivity index (χ3n) is 5.47. The lowest BCUT2D eigenvalue weighted by atomic mass is 10.1. The van der Waals surface area contributed by atoms with Gasteiger partial charge in [-0.2, -0.15) is 0 Å².